The summed E-state index contributed by atoms with van der Waals surface area (Å²) in [5, 5.41) is 0.883. The van der Waals surface area contributed by atoms with Crippen molar-refractivity contribution in [2.75, 3.05) is 12.0 Å². The third kappa shape index (κ3) is 4.89. The van der Waals surface area contributed by atoms with Crippen LogP contribution in [0.3, 0.4) is 0 Å². The van der Waals surface area contributed by atoms with E-state index >= 15 is 0 Å². The van der Waals surface area contributed by atoms with Crippen LogP contribution in [-0.2, 0) is 9.59 Å². The summed E-state index contributed by atoms with van der Waals surface area (Å²) in [6, 6.07) is 16.3. The largest absolute Gasteiger partial charge is 0.497 e. The molecular formula is C26H22FN3O5. The highest BCUT2D eigenvalue weighted by Gasteiger charge is 2.45. The number of nitrogens with one attached hydrogen (secondary N) is 1. The number of hydrogen-bond donors (Lipinski definition) is 1. The third-order valence-corrected chi connectivity index (χ3v) is 5.61. The van der Waals surface area contributed by atoms with Gasteiger partial charge in [0.2, 0.25) is 5.91 Å². The van der Waals surface area contributed by atoms with E-state index in [1.807, 2.05) is 6.92 Å². The number of imide groups is 1. The summed E-state index contributed by atoms with van der Waals surface area (Å²) >= 11 is 0. The summed E-state index contributed by atoms with van der Waals surface area (Å²) in [5.74, 6) is -2.60. The minimum Gasteiger partial charge on any atom is -0.497 e. The zero-order valence-electron chi connectivity index (χ0n) is 19.0. The van der Waals surface area contributed by atoms with Gasteiger partial charge in [0.1, 0.15) is 17.6 Å². The minimum atomic E-state index is -1.29. The first-order valence-corrected chi connectivity index (χ1v) is 10.8. The summed E-state index contributed by atoms with van der Waals surface area (Å²) < 4.78 is 18.5. The van der Waals surface area contributed by atoms with Gasteiger partial charge in [0.15, 0.2) is 0 Å². The number of aryl methyl sites for hydroxylation is 1. The second kappa shape index (κ2) is 9.76. The predicted octanol–water partition coefficient (Wildman–Crippen LogP) is 3.26. The Kier molecular flexibility index (Phi) is 6.59. The van der Waals surface area contributed by atoms with E-state index in [1.54, 1.807) is 36.4 Å². The highest BCUT2D eigenvalue weighted by Crippen LogP contribution is 2.26. The van der Waals surface area contributed by atoms with Gasteiger partial charge in [-0.1, -0.05) is 17.7 Å². The lowest BCUT2D eigenvalue weighted by Gasteiger charge is -2.28. The third-order valence-electron chi connectivity index (χ3n) is 5.61. The number of anilines is 1. The Morgan fingerprint density at radius 3 is 2.14 bits per heavy atom. The molecule has 4 rings (SSSR count). The molecule has 3 aromatic carbocycles. The van der Waals surface area contributed by atoms with Gasteiger partial charge in [-0.25, -0.2) is 14.3 Å². The van der Waals surface area contributed by atoms with Crippen molar-refractivity contribution in [1.29, 1.82) is 0 Å². The van der Waals surface area contributed by atoms with Crippen molar-refractivity contribution < 1.29 is 28.3 Å². The molecular weight excluding hydrogens is 453 g/mol. The van der Waals surface area contributed by atoms with E-state index in [0.29, 0.717) is 5.75 Å². The van der Waals surface area contributed by atoms with Gasteiger partial charge in [0.25, 0.3) is 17.7 Å². The topological polar surface area (TPSA) is 96.0 Å². The van der Waals surface area contributed by atoms with Crippen molar-refractivity contribution in [2.24, 2.45) is 0 Å². The van der Waals surface area contributed by atoms with Crippen LogP contribution in [0.4, 0.5) is 10.1 Å². The molecule has 0 aromatic heterocycles. The van der Waals surface area contributed by atoms with Crippen LogP contribution in [0.1, 0.15) is 32.7 Å². The first-order valence-electron chi connectivity index (χ1n) is 10.8. The average molecular weight is 475 g/mol. The number of rotatable bonds is 5. The number of hydrazine groups is 1. The second-order valence-electron chi connectivity index (χ2n) is 7.97. The maximum atomic E-state index is 13.4. The van der Waals surface area contributed by atoms with Crippen molar-refractivity contribution in [3.05, 3.63) is 95.3 Å². The van der Waals surface area contributed by atoms with Crippen LogP contribution in [0.2, 0.25) is 0 Å². The number of nitrogens with zero attached hydrogens (tertiary/aromatic N) is 2. The first-order chi connectivity index (χ1) is 16.8. The van der Waals surface area contributed by atoms with E-state index in [-0.39, 0.29) is 23.2 Å². The van der Waals surface area contributed by atoms with E-state index in [9.17, 15) is 23.6 Å². The van der Waals surface area contributed by atoms with Gasteiger partial charge in [0, 0.05) is 11.1 Å². The fourth-order valence-electron chi connectivity index (χ4n) is 3.70. The minimum absolute atomic E-state index is 0.172. The second-order valence-corrected chi connectivity index (χ2v) is 7.97. The average Bonchev–Trinajstić information content (AvgIpc) is 3.16. The molecule has 1 heterocycles. The maximum Gasteiger partial charge on any atom is 0.273 e. The monoisotopic (exact) mass is 475 g/mol. The molecule has 1 fully saturated rings. The van der Waals surface area contributed by atoms with Crippen LogP contribution in [0.25, 0.3) is 0 Å². The molecule has 1 aliphatic rings. The molecule has 8 nitrogen and oxygen atoms in total. The summed E-state index contributed by atoms with van der Waals surface area (Å²) in [5.41, 5.74) is 4.07. The quantitative estimate of drug-likeness (QED) is 0.452. The molecule has 0 bridgehead atoms. The Morgan fingerprint density at radius 2 is 1.54 bits per heavy atom. The fraction of sp³-hybridized carbons (Fsp3) is 0.154. The molecule has 1 unspecified atom stereocenters. The molecule has 0 aliphatic carbocycles. The van der Waals surface area contributed by atoms with Gasteiger partial charge in [-0.05, 0) is 67.6 Å². The predicted molar refractivity (Wildman–Crippen MR) is 125 cm³/mol. The number of methoxy groups -OCH3 is 1. The zero-order valence-corrected chi connectivity index (χ0v) is 19.0. The lowest BCUT2D eigenvalue weighted by atomic mass is 10.1. The van der Waals surface area contributed by atoms with Gasteiger partial charge < -0.3 is 4.74 Å². The molecule has 178 valence electrons. The summed E-state index contributed by atoms with van der Waals surface area (Å²) in [6.07, 6.45) is -0.355. The molecule has 3 aromatic rings. The smallest absolute Gasteiger partial charge is 0.273 e. The molecule has 1 aliphatic heterocycles. The highest BCUT2D eigenvalue weighted by molar-refractivity contribution is 6.23. The molecule has 9 heteroatoms. The van der Waals surface area contributed by atoms with Crippen LogP contribution in [-0.4, -0.2) is 41.8 Å². The fourth-order valence-corrected chi connectivity index (χ4v) is 3.70. The van der Waals surface area contributed by atoms with Crippen molar-refractivity contribution in [2.45, 2.75) is 19.4 Å². The molecule has 1 atom stereocenters. The van der Waals surface area contributed by atoms with E-state index in [4.69, 9.17) is 4.74 Å². The lowest BCUT2D eigenvalue weighted by molar-refractivity contribution is -0.122. The Hall–Kier alpha value is -4.53. The standard InChI is InChI=1S/C26H22FN3O5/c1-16-3-5-17(6-4-16)24(32)28-30(25(33)18-7-13-21(35-2)14-8-18)22-15-23(31)29(26(22)34)20-11-9-19(27)10-12-20/h3-14,22H,15H2,1-2H3,(H,28,32). The van der Waals surface area contributed by atoms with Crippen LogP contribution in [0.5, 0.6) is 5.75 Å². The van der Waals surface area contributed by atoms with Crippen LogP contribution in [0, 0.1) is 12.7 Å². The Morgan fingerprint density at radius 1 is 0.943 bits per heavy atom. The van der Waals surface area contributed by atoms with E-state index in [2.05, 4.69) is 5.43 Å². The molecule has 1 N–H and O–H groups in total. The van der Waals surface area contributed by atoms with E-state index in [0.717, 1.165) is 27.6 Å². The molecule has 1 saturated heterocycles. The van der Waals surface area contributed by atoms with Crippen molar-refractivity contribution in [3.8, 4) is 5.75 Å². The SMILES string of the molecule is COc1ccc(C(=O)N(NC(=O)c2ccc(C)cc2)C2CC(=O)N(c3ccc(F)cc3)C2=O)cc1. The molecule has 0 saturated carbocycles. The number of halogens is 1. The van der Waals surface area contributed by atoms with Gasteiger partial charge >= 0.3 is 0 Å². The Labute approximate surface area is 200 Å². The van der Waals surface area contributed by atoms with Crippen molar-refractivity contribution in [3.63, 3.8) is 0 Å². The summed E-state index contributed by atoms with van der Waals surface area (Å²) in [7, 11) is 1.48. The molecule has 35 heavy (non-hydrogen) atoms. The van der Waals surface area contributed by atoms with Crippen molar-refractivity contribution >= 4 is 29.3 Å². The summed E-state index contributed by atoms with van der Waals surface area (Å²) in [6.45, 7) is 1.87. The molecule has 4 amide bonds. The molecule has 0 spiro atoms. The molecule has 0 radical (unpaired) electrons. The van der Waals surface area contributed by atoms with Gasteiger partial charge in [-0.3, -0.25) is 24.6 Å². The highest BCUT2D eigenvalue weighted by atomic mass is 19.1. The van der Waals surface area contributed by atoms with Crippen LogP contribution < -0.4 is 15.1 Å². The van der Waals surface area contributed by atoms with Gasteiger partial charge in [0.05, 0.1) is 19.2 Å². The lowest BCUT2D eigenvalue weighted by Crippen LogP contribution is -2.54. The van der Waals surface area contributed by atoms with Crippen LogP contribution in [0.15, 0.2) is 72.8 Å². The van der Waals surface area contributed by atoms with E-state index < -0.39 is 35.5 Å². The summed E-state index contributed by atoms with van der Waals surface area (Å²) in [4.78, 5) is 53.3. The zero-order chi connectivity index (χ0) is 25.1. The number of amides is 4. The number of benzene rings is 3. The Bertz CT molecular complexity index is 1270. The number of hydrogen-bond acceptors (Lipinski definition) is 5. The van der Waals surface area contributed by atoms with Gasteiger partial charge in [-0.15, -0.1) is 0 Å². The number of carbonyl (C=O) groups is 4. The maximum absolute atomic E-state index is 13.4. The Balaban J connectivity index is 1.67. The number of ether oxygens (including phenoxy) is 1. The van der Waals surface area contributed by atoms with Gasteiger partial charge in [-0.2, -0.15) is 0 Å². The first kappa shape index (κ1) is 23.6. The normalized spacial score (nSPS) is 15.2. The van der Waals surface area contributed by atoms with E-state index in [1.165, 1.54) is 31.4 Å². The van der Waals surface area contributed by atoms with Crippen LogP contribution >= 0.6 is 0 Å². The number of carbonyl (C=O) groups excluding carboxylic acids is 4. The van der Waals surface area contributed by atoms with Crippen molar-refractivity contribution in [1.82, 2.24) is 10.4 Å².